The maximum atomic E-state index is 13.3. The number of aliphatic hydroxyl groups excluding tert-OH is 1. The van der Waals surface area contributed by atoms with Crippen LogP contribution in [0.25, 0.3) is 10.9 Å². The topological polar surface area (TPSA) is 70.4 Å². The Morgan fingerprint density at radius 1 is 1.39 bits per heavy atom. The molecule has 94 valence electrons. The van der Waals surface area contributed by atoms with Crippen LogP contribution < -0.4 is 0 Å². The summed E-state index contributed by atoms with van der Waals surface area (Å²) in [5.41, 5.74) is 0.534. The van der Waals surface area contributed by atoms with E-state index in [1.54, 1.807) is 18.2 Å². The van der Waals surface area contributed by atoms with Crippen molar-refractivity contribution in [1.82, 2.24) is 4.98 Å². The lowest BCUT2D eigenvalue weighted by molar-refractivity contribution is -0.147. The van der Waals surface area contributed by atoms with Crippen molar-refractivity contribution >= 4 is 32.8 Å². The van der Waals surface area contributed by atoms with Crippen molar-refractivity contribution in [3.05, 3.63) is 40.5 Å². The third kappa shape index (κ3) is 2.21. The molecule has 2 atom stereocenters. The third-order valence-electron chi connectivity index (χ3n) is 2.58. The van der Waals surface area contributed by atoms with Gasteiger partial charge in [-0.3, -0.25) is 4.98 Å². The minimum atomic E-state index is -2.38. The van der Waals surface area contributed by atoms with E-state index in [2.05, 4.69) is 20.9 Å². The molecule has 1 aromatic carbocycles. The number of alkyl halides is 1. The van der Waals surface area contributed by atoms with Crippen molar-refractivity contribution in [1.29, 1.82) is 0 Å². The van der Waals surface area contributed by atoms with Gasteiger partial charge in [0.15, 0.2) is 0 Å². The highest BCUT2D eigenvalue weighted by Gasteiger charge is 2.29. The lowest BCUT2D eigenvalue weighted by atomic mass is 10.0. The largest absolute Gasteiger partial charge is 0.479 e. The number of fused-ring (bicyclic) bond motifs is 1. The van der Waals surface area contributed by atoms with E-state index in [1.165, 1.54) is 12.3 Å². The second-order valence-corrected chi connectivity index (χ2v) is 4.58. The molecule has 0 saturated carbocycles. The van der Waals surface area contributed by atoms with E-state index < -0.39 is 18.2 Å². The molecular weight excluding hydrogens is 305 g/mol. The molecule has 0 radical (unpaired) electrons. The summed E-state index contributed by atoms with van der Waals surface area (Å²) >= 11 is 3.31. The zero-order valence-electron chi connectivity index (χ0n) is 9.05. The molecule has 1 aromatic heterocycles. The summed E-state index contributed by atoms with van der Waals surface area (Å²) in [5, 5.41) is 19.0. The second kappa shape index (κ2) is 4.99. The van der Waals surface area contributed by atoms with E-state index in [-0.39, 0.29) is 5.56 Å². The maximum absolute atomic E-state index is 13.3. The summed E-state index contributed by atoms with van der Waals surface area (Å²) in [6.07, 6.45) is -2.62. The van der Waals surface area contributed by atoms with E-state index in [0.29, 0.717) is 10.9 Å². The number of carbonyl (C=O) groups is 1. The molecule has 2 unspecified atom stereocenters. The van der Waals surface area contributed by atoms with Gasteiger partial charge in [0, 0.05) is 21.6 Å². The fourth-order valence-electron chi connectivity index (χ4n) is 1.69. The van der Waals surface area contributed by atoms with Gasteiger partial charge in [-0.05, 0) is 12.1 Å². The van der Waals surface area contributed by atoms with Crippen molar-refractivity contribution in [2.75, 3.05) is 0 Å². The average molecular weight is 314 g/mol. The van der Waals surface area contributed by atoms with Crippen LogP contribution in [0.1, 0.15) is 11.7 Å². The van der Waals surface area contributed by atoms with Gasteiger partial charge in [-0.1, -0.05) is 28.1 Å². The van der Waals surface area contributed by atoms with Gasteiger partial charge >= 0.3 is 5.97 Å². The first-order valence-corrected chi connectivity index (χ1v) is 5.89. The zero-order chi connectivity index (χ0) is 13.3. The van der Waals surface area contributed by atoms with Crippen molar-refractivity contribution in [3.63, 3.8) is 0 Å². The number of aliphatic carboxylic acids is 1. The summed E-state index contributed by atoms with van der Waals surface area (Å²) in [6, 6.07) is 6.53. The second-order valence-electron chi connectivity index (χ2n) is 3.72. The van der Waals surface area contributed by atoms with Crippen molar-refractivity contribution in [2.24, 2.45) is 0 Å². The third-order valence-corrected chi connectivity index (χ3v) is 3.27. The number of rotatable bonds is 3. The monoisotopic (exact) mass is 313 g/mol. The fraction of sp³-hybridized carbons (Fsp3) is 0.167. The molecule has 1 heterocycles. The average Bonchev–Trinajstić information content (AvgIpc) is 2.38. The van der Waals surface area contributed by atoms with Crippen LogP contribution in [0.4, 0.5) is 4.39 Å². The zero-order valence-corrected chi connectivity index (χ0v) is 10.6. The van der Waals surface area contributed by atoms with E-state index in [1.807, 2.05) is 0 Å². The molecule has 2 N–H and O–H groups in total. The molecule has 0 aliphatic heterocycles. The lowest BCUT2D eigenvalue weighted by Crippen LogP contribution is -2.23. The van der Waals surface area contributed by atoms with Gasteiger partial charge in [0.05, 0.1) is 5.52 Å². The molecule has 0 aliphatic carbocycles. The predicted octanol–water partition coefficient (Wildman–Crippen LogP) is 2.45. The molecule has 0 aliphatic rings. The van der Waals surface area contributed by atoms with Crippen LogP contribution in [0.2, 0.25) is 0 Å². The normalized spacial score (nSPS) is 14.4. The van der Waals surface area contributed by atoms with Crippen molar-refractivity contribution in [2.45, 2.75) is 12.3 Å². The Bertz CT molecular complexity index is 605. The number of aliphatic hydroxyl groups is 1. The van der Waals surface area contributed by atoms with Crippen LogP contribution in [0.15, 0.2) is 34.9 Å². The van der Waals surface area contributed by atoms with Crippen LogP contribution >= 0.6 is 15.9 Å². The number of nitrogens with zero attached hydrogens (tertiary/aromatic N) is 1. The Morgan fingerprint density at radius 3 is 2.78 bits per heavy atom. The summed E-state index contributed by atoms with van der Waals surface area (Å²) < 4.78 is 14.1. The Hall–Kier alpha value is -1.53. The number of benzene rings is 1. The summed E-state index contributed by atoms with van der Waals surface area (Å²) in [4.78, 5) is 14.6. The van der Waals surface area contributed by atoms with Crippen LogP contribution in [0.5, 0.6) is 0 Å². The number of hydrogen-bond acceptors (Lipinski definition) is 3. The Balaban J connectivity index is 2.58. The molecule has 0 saturated heterocycles. The molecule has 6 heteroatoms. The van der Waals surface area contributed by atoms with Crippen molar-refractivity contribution in [3.8, 4) is 0 Å². The highest BCUT2D eigenvalue weighted by atomic mass is 79.9. The highest BCUT2D eigenvalue weighted by molar-refractivity contribution is 9.10. The molecular formula is C12H9BrFNO3. The number of halogens is 2. The SMILES string of the molecule is O=C(O)C(F)C(O)c1ccc(Br)c2cccnc12. The van der Waals surface area contributed by atoms with E-state index >= 15 is 0 Å². The summed E-state index contributed by atoms with van der Waals surface area (Å²) in [6.45, 7) is 0. The molecule has 18 heavy (non-hydrogen) atoms. The molecule has 4 nitrogen and oxygen atoms in total. The Labute approximate surface area is 110 Å². The van der Waals surface area contributed by atoms with Gasteiger partial charge in [0.2, 0.25) is 6.17 Å². The van der Waals surface area contributed by atoms with Gasteiger partial charge < -0.3 is 10.2 Å². The minimum absolute atomic E-state index is 0.156. The quantitative estimate of drug-likeness (QED) is 0.913. The van der Waals surface area contributed by atoms with Gasteiger partial charge in [-0.15, -0.1) is 0 Å². The van der Waals surface area contributed by atoms with Gasteiger partial charge in [-0.2, -0.15) is 0 Å². The Kier molecular flexibility index (Phi) is 3.58. The van der Waals surface area contributed by atoms with E-state index in [9.17, 15) is 14.3 Å². The summed E-state index contributed by atoms with van der Waals surface area (Å²) in [5.74, 6) is -1.70. The van der Waals surface area contributed by atoms with Gasteiger partial charge in [-0.25, -0.2) is 9.18 Å². The molecule has 0 amide bonds. The smallest absolute Gasteiger partial charge is 0.341 e. The first kappa shape index (κ1) is 12.9. The molecule has 0 fully saturated rings. The summed E-state index contributed by atoms with van der Waals surface area (Å²) in [7, 11) is 0. The van der Waals surface area contributed by atoms with E-state index in [0.717, 1.165) is 4.47 Å². The number of carboxylic acid groups (broad SMARTS) is 1. The fourth-order valence-corrected chi connectivity index (χ4v) is 2.14. The Morgan fingerprint density at radius 2 is 2.11 bits per heavy atom. The highest BCUT2D eigenvalue weighted by Crippen LogP contribution is 2.30. The number of pyridine rings is 1. The van der Waals surface area contributed by atoms with Crippen LogP contribution in [-0.2, 0) is 4.79 Å². The standard InChI is InChI=1S/C12H9BrFNO3/c13-8-4-3-7(11(16)9(14)12(17)18)10-6(8)2-1-5-15-10/h1-5,9,11,16H,(H,17,18). The maximum Gasteiger partial charge on any atom is 0.341 e. The first-order chi connectivity index (χ1) is 8.52. The molecule has 2 rings (SSSR count). The van der Waals surface area contributed by atoms with Crippen LogP contribution in [-0.4, -0.2) is 27.3 Å². The van der Waals surface area contributed by atoms with E-state index in [4.69, 9.17) is 5.11 Å². The first-order valence-electron chi connectivity index (χ1n) is 5.10. The molecule has 0 spiro atoms. The number of hydrogen-bond donors (Lipinski definition) is 2. The van der Waals surface area contributed by atoms with Crippen LogP contribution in [0.3, 0.4) is 0 Å². The van der Waals surface area contributed by atoms with Gasteiger partial charge in [0.1, 0.15) is 6.10 Å². The van der Waals surface area contributed by atoms with Gasteiger partial charge in [0.25, 0.3) is 0 Å². The number of aromatic nitrogens is 1. The minimum Gasteiger partial charge on any atom is -0.479 e. The van der Waals surface area contributed by atoms with Crippen LogP contribution in [0, 0.1) is 0 Å². The predicted molar refractivity (Wildman–Crippen MR) is 66.9 cm³/mol. The molecule has 0 bridgehead atoms. The van der Waals surface area contributed by atoms with Crippen molar-refractivity contribution < 1.29 is 19.4 Å². The lowest BCUT2D eigenvalue weighted by Gasteiger charge is -2.14. The number of carboxylic acids is 1. The molecule has 2 aromatic rings.